The summed E-state index contributed by atoms with van der Waals surface area (Å²) in [7, 11) is 0. The molecular weight excluding hydrogens is 108 g/mol. The molecule has 1 aliphatic rings. The predicted octanol–water partition coefficient (Wildman–Crippen LogP) is 2.26. The topological polar surface area (TPSA) is 0 Å². The molecule has 1 rings (SSSR count). The molecule has 0 amide bonds. The van der Waals surface area contributed by atoms with Gasteiger partial charge in [-0.2, -0.15) is 0 Å². The van der Waals surface area contributed by atoms with Gasteiger partial charge in [0.25, 0.3) is 0 Å². The fraction of sp³-hybridized carbons (Fsp3) is 0.333. The van der Waals surface area contributed by atoms with Crippen LogP contribution in [0, 0.1) is 6.08 Å². The van der Waals surface area contributed by atoms with Crippen molar-refractivity contribution in [1.82, 2.24) is 0 Å². The van der Waals surface area contributed by atoms with E-state index in [0.29, 0.717) is 0 Å². The van der Waals surface area contributed by atoms with Crippen molar-refractivity contribution in [3.05, 3.63) is 23.3 Å². The molecular formula is C6H6Cl. The van der Waals surface area contributed by atoms with Crippen LogP contribution in [0.25, 0.3) is 0 Å². The van der Waals surface area contributed by atoms with Gasteiger partial charge in [0.1, 0.15) is 0 Å². The lowest BCUT2D eigenvalue weighted by Crippen LogP contribution is -1.76. The molecule has 0 saturated carbocycles. The highest BCUT2D eigenvalue weighted by Crippen LogP contribution is 2.13. The van der Waals surface area contributed by atoms with Crippen LogP contribution in [0.1, 0.15) is 12.8 Å². The van der Waals surface area contributed by atoms with E-state index in [4.69, 9.17) is 11.6 Å². The molecule has 1 aliphatic carbocycles. The van der Waals surface area contributed by atoms with Crippen LogP contribution in [0.15, 0.2) is 17.2 Å². The lowest BCUT2D eigenvalue weighted by atomic mass is 10.2. The summed E-state index contributed by atoms with van der Waals surface area (Å²) in [5, 5.41) is 0.919. The van der Waals surface area contributed by atoms with E-state index in [-0.39, 0.29) is 0 Å². The summed E-state index contributed by atoms with van der Waals surface area (Å²) in [5.41, 5.74) is 0. The summed E-state index contributed by atoms with van der Waals surface area (Å²) in [6.45, 7) is 0. The van der Waals surface area contributed by atoms with E-state index >= 15 is 0 Å². The van der Waals surface area contributed by atoms with Crippen LogP contribution in [0.3, 0.4) is 0 Å². The fourth-order valence-corrected chi connectivity index (χ4v) is 0.687. The molecule has 37 valence electrons. The quantitative estimate of drug-likeness (QED) is 0.452. The van der Waals surface area contributed by atoms with E-state index in [1.807, 2.05) is 12.2 Å². The third kappa shape index (κ3) is 1.36. The van der Waals surface area contributed by atoms with Gasteiger partial charge >= 0.3 is 0 Å². The normalized spacial score (nSPS) is 19.3. The minimum Gasteiger partial charge on any atom is -0.0891 e. The molecule has 0 fully saturated rings. The molecule has 1 heteroatoms. The second-order valence-corrected chi connectivity index (χ2v) is 1.99. The molecule has 0 nitrogen and oxygen atoms in total. The first-order chi connectivity index (χ1) is 3.39. The maximum absolute atomic E-state index is 5.60. The molecule has 0 spiro atoms. The fourth-order valence-electron chi connectivity index (χ4n) is 0.515. The van der Waals surface area contributed by atoms with Gasteiger partial charge in [-0.1, -0.05) is 17.7 Å². The Hall–Kier alpha value is -0.230. The van der Waals surface area contributed by atoms with E-state index < -0.39 is 0 Å². The molecule has 0 aliphatic heterocycles. The van der Waals surface area contributed by atoms with Crippen LogP contribution in [0.5, 0.6) is 0 Å². The predicted molar refractivity (Wildman–Crippen MR) is 31.0 cm³/mol. The lowest BCUT2D eigenvalue weighted by molar-refractivity contribution is 1.01. The standard InChI is InChI=1S/C6H6Cl/c7-6-4-2-1-3-5-6/h1,5H,2,4H2. The Bertz CT molecular complexity index is 111. The first-order valence-electron chi connectivity index (χ1n) is 2.32. The van der Waals surface area contributed by atoms with Crippen molar-refractivity contribution >= 4 is 11.6 Å². The third-order valence-electron chi connectivity index (χ3n) is 0.885. The van der Waals surface area contributed by atoms with Crippen LogP contribution in [0.2, 0.25) is 0 Å². The second-order valence-electron chi connectivity index (χ2n) is 1.50. The van der Waals surface area contributed by atoms with E-state index in [0.717, 1.165) is 17.9 Å². The molecule has 1 radical (unpaired) electrons. The summed E-state index contributed by atoms with van der Waals surface area (Å²) < 4.78 is 0. The molecule has 0 heterocycles. The number of hydrogen-bond acceptors (Lipinski definition) is 0. The van der Waals surface area contributed by atoms with Crippen molar-refractivity contribution in [3.8, 4) is 0 Å². The van der Waals surface area contributed by atoms with Crippen LogP contribution in [-0.2, 0) is 0 Å². The van der Waals surface area contributed by atoms with Crippen LogP contribution in [-0.4, -0.2) is 0 Å². The maximum Gasteiger partial charge on any atom is 0.0190 e. The number of allylic oxidation sites excluding steroid dienone is 4. The Balaban J connectivity index is 2.57. The average Bonchev–Trinajstić information content (AvgIpc) is 1.69. The molecule has 0 atom stereocenters. The zero-order valence-corrected chi connectivity index (χ0v) is 4.70. The summed E-state index contributed by atoms with van der Waals surface area (Å²) in [4.78, 5) is 0. The Labute approximate surface area is 48.5 Å². The Morgan fingerprint density at radius 2 is 2.57 bits per heavy atom. The molecule has 0 aromatic heterocycles. The number of rotatable bonds is 0. The highest BCUT2D eigenvalue weighted by molar-refractivity contribution is 6.29. The van der Waals surface area contributed by atoms with Crippen molar-refractivity contribution in [2.75, 3.05) is 0 Å². The van der Waals surface area contributed by atoms with Gasteiger partial charge in [-0.05, 0) is 25.0 Å². The molecule has 7 heavy (non-hydrogen) atoms. The highest BCUT2D eigenvalue weighted by Gasteiger charge is 1.91. The van der Waals surface area contributed by atoms with Crippen LogP contribution < -0.4 is 0 Å². The minimum atomic E-state index is 0.919. The van der Waals surface area contributed by atoms with E-state index in [1.165, 1.54) is 0 Å². The van der Waals surface area contributed by atoms with Gasteiger partial charge < -0.3 is 0 Å². The summed E-state index contributed by atoms with van der Waals surface area (Å²) >= 11 is 5.60. The number of halogens is 1. The second kappa shape index (κ2) is 2.17. The summed E-state index contributed by atoms with van der Waals surface area (Å²) in [5.74, 6) is 0. The van der Waals surface area contributed by atoms with Gasteiger partial charge in [-0.3, -0.25) is 0 Å². The summed E-state index contributed by atoms with van der Waals surface area (Å²) in [6.07, 6.45) is 8.76. The third-order valence-corrected chi connectivity index (χ3v) is 1.18. The van der Waals surface area contributed by atoms with Crippen molar-refractivity contribution in [2.45, 2.75) is 12.8 Å². The van der Waals surface area contributed by atoms with Gasteiger partial charge in [0.05, 0.1) is 0 Å². The molecule has 0 saturated heterocycles. The first kappa shape index (κ1) is 4.92. The molecule has 0 aromatic rings. The van der Waals surface area contributed by atoms with E-state index in [1.54, 1.807) is 0 Å². The molecule has 0 N–H and O–H groups in total. The zero-order chi connectivity index (χ0) is 5.11. The average molecular weight is 114 g/mol. The van der Waals surface area contributed by atoms with Crippen molar-refractivity contribution < 1.29 is 0 Å². The first-order valence-corrected chi connectivity index (χ1v) is 2.69. The monoisotopic (exact) mass is 113 g/mol. The lowest BCUT2D eigenvalue weighted by Gasteiger charge is -1.95. The van der Waals surface area contributed by atoms with Gasteiger partial charge in [-0.25, -0.2) is 0 Å². The summed E-state index contributed by atoms with van der Waals surface area (Å²) in [6, 6.07) is 0. The Morgan fingerprint density at radius 3 is 2.86 bits per heavy atom. The van der Waals surface area contributed by atoms with Crippen molar-refractivity contribution in [2.24, 2.45) is 0 Å². The highest BCUT2D eigenvalue weighted by atomic mass is 35.5. The van der Waals surface area contributed by atoms with Crippen LogP contribution in [0.4, 0.5) is 0 Å². The zero-order valence-electron chi connectivity index (χ0n) is 3.95. The molecule has 0 bridgehead atoms. The van der Waals surface area contributed by atoms with Crippen LogP contribution >= 0.6 is 11.6 Å². The molecule has 0 aromatic carbocycles. The van der Waals surface area contributed by atoms with Gasteiger partial charge in [0.15, 0.2) is 0 Å². The smallest absolute Gasteiger partial charge is 0.0190 e. The van der Waals surface area contributed by atoms with Crippen molar-refractivity contribution in [3.63, 3.8) is 0 Å². The Kier molecular flexibility index (Phi) is 1.53. The number of hydrogen-bond donors (Lipinski definition) is 0. The van der Waals surface area contributed by atoms with Crippen molar-refractivity contribution in [1.29, 1.82) is 0 Å². The molecule has 0 unspecified atom stereocenters. The largest absolute Gasteiger partial charge is 0.0891 e. The van der Waals surface area contributed by atoms with Gasteiger partial charge in [-0.15, -0.1) is 0 Å². The van der Waals surface area contributed by atoms with Gasteiger partial charge in [0.2, 0.25) is 0 Å². The minimum absolute atomic E-state index is 0.919. The SMILES string of the molecule is ClC1=C[C]=CCC1. The Morgan fingerprint density at radius 1 is 1.71 bits per heavy atom. The van der Waals surface area contributed by atoms with Gasteiger partial charge in [0, 0.05) is 5.03 Å². The maximum atomic E-state index is 5.60. The van der Waals surface area contributed by atoms with E-state index in [2.05, 4.69) is 6.08 Å². The van der Waals surface area contributed by atoms with E-state index in [9.17, 15) is 0 Å².